The van der Waals surface area contributed by atoms with Gasteiger partial charge in [-0.05, 0) is 31.5 Å². The van der Waals surface area contributed by atoms with E-state index in [0.29, 0.717) is 4.57 Å². The Labute approximate surface area is 233 Å². The number of ether oxygens (including phenoxy) is 2. The third-order valence-corrected chi connectivity index (χ3v) is 7.86. The van der Waals surface area contributed by atoms with E-state index in [1.165, 1.54) is 19.1 Å². The van der Waals surface area contributed by atoms with Crippen LogP contribution in [0.4, 0.5) is 4.39 Å². The standard InChI is InChI=1S/C26H29FN3O10P/c1-15(25(34)37-13-17-9-5-3-6-10-17)29-41(36,40-18-11-7-4-8-12-18)38-14-19-21(31)22(32)24(39-19)30-16(2)20(27)23(33)28-26(30)35/h3-12,15,19,21-22,24,31-32H,13-14H2,1-2H3,(H,29,36)(H,28,33,35)/t15-,19+,21+,22+,24+,41?/m0/s1. The Morgan fingerprint density at radius 3 is 2.41 bits per heavy atom. The fraction of sp³-hybridized carbons (Fsp3) is 0.346. The molecule has 1 saturated heterocycles. The van der Waals surface area contributed by atoms with Crippen LogP contribution in [0, 0.1) is 12.7 Å². The molecule has 6 atom stereocenters. The van der Waals surface area contributed by atoms with E-state index in [2.05, 4.69) is 5.09 Å². The number of hydrogen-bond donors (Lipinski definition) is 4. The number of halogens is 1. The number of aliphatic hydroxyl groups excluding tert-OH is 2. The number of carbonyl (C=O) groups excluding carboxylic acids is 1. The van der Waals surface area contributed by atoms with Crippen LogP contribution in [0.2, 0.25) is 0 Å². The first-order chi connectivity index (χ1) is 19.5. The fourth-order valence-electron chi connectivity index (χ4n) is 4.05. The molecule has 1 fully saturated rings. The van der Waals surface area contributed by atoms with Crippen LogP contribution in [0.3, 0.4) is 0 Å². The first-order valence-electron chi connectivity index (χ1n) is 12.5. The molecule has 2 heterocycles. The molecule has 41 heavy (non-hydrogen) atoms. The minimum atomic E-state index is -4.37. The third kappa shape index (κ3) is 7.17. The molecule has 0 amide bonds. The lowest BCUT2D eigenvalue weighted by atomic mass is 10.1. The van der Waals surface area contributed by atoms with Crippen molar-refractivity contribution in [2.45, 2.75) is 51.0 Å². The van der Waals surface area contributed by atoms with E-state index in [1.54, 1.807) is 47.4 Å². The number of para-hydroxylation sites is 1. The molecule has 0 aliphatic carbocycles. The topological polar surface area (TPSA) is 178 Å². The van der Waals surface area contributed by atoms with Crippen LogP contribution in [-0.4, -0.2) is 56.7 Å². The van der Waals surface area contributed by atoms with Gasteiger partial charge < -0.3 is 24.2 Å². The summed E-state index contributed by atoms with van der Waals surface area (Å²) < 4.78 is 50.5. The number of aromatic nitrogens is 2. The number of H-pyrrole nitrogens is 1. The van der Waals surface area contributed by atoms with Crippen LogP contribution in [0.5, 0.6) is 5.75 Å². The first kappa shape index (κ1) is 30.3. The van der Waals surface area contributed by atoms with E-state index in [1.807, 2.05) is 6.07 Å². The van der Waals surface area contributed by atoms with E-state index < -0.39 is 73.7 Å². The van der Waals surface area contributed by atoms with Crippen molar-refractivity contribution in [3.05, 3.63) is 98.6 Å². The van der Waals surface area contributed by atoms with Crippen molar-refractivity contribution in [2.75, 3.05) is 6.61 Å². The molecular weight excluding hydrogens is 564 g/mol. The zero-order valence-corrected chi connectivity index (χ0v) is 22.9. The Kier molecular flexibility index (Phi) is 9.53. The Balaban J connectivity index is 1.48. The summed E-state index contributed by atoms with van der Waals surface area (Å²) in [4.78, 5) is 38.3. The molecule has 2 aromatic carbocycles. The monoisotopic (exact) mass is 593 g/mol. The van der Waals surface area contributed by atoms with Gasteiger partial charge in [0.25, 0.3) is 5.56 Å². The van der Waals surface area contributed by atoms with Gasteiger partial charge in [-0.15, -0.1) is 0 Å². The van der Waals surface area contributed by atoms with Gasteiger partial charge >= 0.3 is 19.4 Å². The van der Waals surface area contributed by atoms with Crippen molar-refractivity contribution in [3.8, 4) is 5.75 Å². The van der Waals surface area contributed by atoms with Crippen LogP contribution in [0.15, 0.2) is 70.3 Å². The number of benzene rings is 2. The zero-order valence-electron chi connectivity index (χ0n) is 22.0. The number of nitrogens with zero attached hydrogens (tertiary/aromatic N) is 1. The number of aliphatic hydroxyl groups is 2. The second-order valence-corrected chi connectivity index (χ2v) is 10.9. The normalized spacial score (nSPS) is 22.6. The van der Waals surface area contributed by atoms with Gasteiger partial charge in [-0.2, -0.15) is 9.48 Å². The molecule has 0 bridgehead atoms. The van der Waals surface area contributed by atoms with Gasteiger partial charge in [-0.3, -0.25) is 23.7 Å². The minimum Gasteiger partial charge on any atom is -0.460 e. The maximum atomic E-state index is 14.2. The predicted octanol–water partition coefficient (Wildman–Crippen LogP) is 1.53. The van der Waals surface area contributed by atoms with Gasteiger partial charge in [0.15, 0.2) is 6.23 Å². The summed E-state index contributed by atoms with van der Waals surface area (Å²) >= 11 is 0. The largest absolute Gasteiger partial charge is 0.460 e. The number of carbonyl (C=O) groups is 1. The van der Waals surface area contributed by atoms with Crippen molar-refractivity contribution in [1.82, 2.24) is 14.6 Å². The number of rotatable bonds is 11. The quantitative estimate of drug-likeness (QED) is 0.187. The maximum Gasteiger partial charge on any atom is 0.459 e. The lowest BCUT2D eigenvalue weighted by Gasteiger charge is -2.24. The molecule has 13 nitrogen and oxygen atoms in total. The van der Waals surface area contributed by atoms with Crippen LogP contribution in [-0.2, 0) is 30.0 Å². The van der Waals surface area contributed by atoms with Gasteiger partial charge in [-0.1, -0.05) is 48.5 Å². The lowest BCUT2D eigenvalue weighted by molar-refractivity contribution is -0.146. The van der Waals surface area contributed by atoms with Crippen molar-refractivity contribution in [1.29, 1.82) is 0 Å². The number of hydrogen-bond acceptors (Lipinski definition) is 10. The summed E-state index contributed by atoms with van der Waals surface area (Å²) in [7, 11) is -4.37. The zero-order chi connectivity index (χ0) is 29.7. The molecule has 3 aromatic rings. The molecule has 0 radical (unpaired) electrons. The molecule has 1 aliphatic heterocycles. The average Bonchev–Trinajstić information content (AvgIpc) is 3.23. The van der Waals surface area contributed by atoms with Gasteiger partial charge in [0, 0.05) is 0 Å². The third-order valence-electron chi connectivity index (χ3n) is 6.22. The maximum absolute atomic E-state index is 14.2. The summed E-state index contributed by atoms with van der Waals surface area (Å²) in [6.07, 6.45) is -6.42. The van der Waals surface area contributed by atoms with Gasteiger partial charge in [0.1, 0.15) is 36.7 Å². The van der Waals surface area contributed by atoms with Crippen molar-refractivity contribution in [3.63, 3.8) is 0 Å². The van der Waals surface area contributed by atoms with Crippen molar-refractivity contribution >= 4 is 13.7 Å². The van der Waals surface area contributed by atoms with E-state index in [-0.39, 0.29) is 12.4 Å². The van der Waals surface area contributed by atoms with E-state index in [4.69, 9.17) is 18.5 Å². The van der Waals surface area contributed by atoms with Crippen molar-refractivity contribution < 1.29 is 42.5 Å². The Morgan fingerprint density at radius 2 is 1.76 bits per heavy atom. The summed E-state index contributed by atoms with van der Waals surface area (Å²) in [6.45, 7) is 1.83. The number of aromatic amines is 1. The van der Waals surface area contributed by atoms with Crippen LogP contribution < -0.4 is 20.9 Å². The molecule has 0 saturated carbocycles. The molecule has 220 valence electrons. The molecule has 4 N–H and O–H groups in total. The van der Waals surface area contributed by atoms with Crippen molar-refractivity contribution in [2.24, 2.45) is 0 Å². The second kappa shape index (κ2) is 12.9. The second-order valence-electron chi connectivity index (χ2n) is 9.22. The van der Waals surface area contributed by atoms with Gasteiger partial charge in [0.2, 0.25) is 5.82 Å². The molecule has 1 aliphatic rings. The molecule has 15 heteroatoms. The summed E-state index contributed by atoms with van der Waals surface area (Å²) in [5.41, 5.74) is -2.02. The Hall–Kier alpha value is -3.65. The van der Waals surface area contributed by atoms with E-state index in [9.17, 15) is 33.6 Å². The van der Waals surface area contributed by atoms with Gasteiger partial charge in [0.05, 0.1) is 12.3 Å². The summed E-state index contributed by atoms with van der Waals surface area (Å²) in [5.74, 6) is -1.89. The Morgan fingerprint density at radius 1 is 1.12 bits per heavy atom. The number of esters is 1. The highest BCUT2D eigenvalue weighted by Crippen LogP contribution is 2.46. The first-order valence-corrected chi connectivity index (χ1v) is 14.0. The van der Waals surface area contributed by atoms with Crippen LogP contribution >= 0.6 is 7.75 Å². The smallest absolute Gasteiger partial charge is 0.459 e. The van der Waals surface area contributed by atoms with Crippen LogP contribution in [0.1, 0.15) is 24.4 Å². The molecule has 1 unspecified atom stereocenters. The molecule has 4 rings (SSSR count). The minimum absolute atomic E-state index is 0.0259. The number of nitrogens with one attached hydrogen (secondary N) is 2. The fourth-order valence-corrected chi connectivity index (χ4v) is 5.55. The summed E-state index contributed by atoms with van der Waals surface area (Å²) in [6, 6.07) is 15.7. The van der Waals surface area contributed by atoms with Crippen LogP contribution in [0.25, 0.3) is 0 Å². The summed E-state index contributed by atoms with van der Waals surface area (Å²) in [5, 5.41) is 23.6. The highest BCUT2D eigenvalue weighted by molar-refractivity contribution is 7.52. The SMILES string of the molecule is Cc1c(F)c(=O)[nH]c(=O)n1[C@@H]1O[C@H](COP(=O)(N[C@@H](C)C(=O)OCc2ccccc2)Oc2ccccc2)[C@@H](O)[C@H]1O. The van der Waals surface area contributed by atoms with E-state index >= 15 is 0 Å². The highest BCUT2D eigenvalue weighted by atomic mass is 31.2. The molecule has 1 aromatic heterocycles. The molecule has 0 spiro atoms. The predicted molar refractivity (Wildman–Crippen MR) is 141 cm³/mol. The van der Waals surface area contributed by atoms with E-state index in [0.717, 1.165) is 12.5 Å². The van der Waals surface area contributed by atoms with Gasteiger partial charge in [-0.25, -0.2) is 9.36 Å². The average molecular weight is 594 g/mol. The highest BCUT2D eigenvalue weighted by Gasteiger charge is 2.46. The molecular formula is C26H29FN3O10P. The lowest BCUT2D eigenvalue weighted by Crippen LogP contribution is -2.40. The Bertz CT molecular complexity index is 1520.